The maximum Gasteiger partial charge on any atom is 0.409 e. The number of hydrogen-bond donors (Lipinski definition) is 1. The van der Waals surface area contributed by atoms with Crippen molar-refractivity contribution in [3.05, 3.63) is 29.3 Å². The van der Waals surface area contributed by atoms with Crippen LogP contribution in [-0.2, 0) is 9.53 Å². The number of halogens is 1. The minimum absolute atomic E-state index is 0.0445. The zero-order valence-corrected chi connectivity index (χ0v) is 13.8. The number of carbonyl (C=O) groups is 2. The average molecular weight is 341 g/mol. The van der Waals surface area contributed by atoms with Crippen molar-refractivity contribution in [2.75, 3.05) is 26.3 Å². The summed E-state index contributed by atoms with van der Waals surface area (Å²) in [5.74, 6) is 0.293. The molecule has 1 N–H and O–H groups in total. The van der Waals surface area contributed by atoms with Crippen molar-refractivity contribution in [3.8, 4) is 5.75 Å². The monoisotopic (exact) mass is 340 g/mol. The summed E-state index contributed by atoms with van der Waals surface area (Å²) in [6, 6.07) is 7.06. The Kier molecular flexibility index (Phi) is 6.52. The van der Waals surface area contributed by atoms with Crippen molar-refractivity contribution in [2.24, 2.45) is 0 Å². The topological polar surface area (TPSA) is 67.9 Å². The van der Waals surface area contributed by atoms with E-state index in [2.05, 4.69) is 5.32 Å². The molecule has 1 aromatic rings. The van der Waals surface area contributed by atoms with Crippen molar-refractivity contribution in [1.29, 1.82) is 0 Å². The molecule has 1 aliphatic heterocycles. The predicted octanol–water partition coefficient (Wildman–Crippen LogP) is 2.46. The highest BCUT2D eigenvalue weighted by Gasteiger charge is 2.24. The number of ether oxygens (including phenoxy) is 2. The van der Waals surface area contributed by atoms with Gasteiger partial charge in [0, 0.05) is 19.1 Å². The molecule has 0 atom stereocenters. The first-order valence-corrected chi connectivity index (χ1v) is 8.06. The molecule has 0 aromatic heterocycles. The quantitative estimate of drug-likeness (QED) is 0.894. The molecule has 1 heterocycles. The molecule has 0 aliphatic carbocycles. The number of nitrogens with one attached hydrogen (secondary N) is 1. The fraction of sp³-hybridized carbons (Fsp3) is 0.500. The SMILES string of the molecule is CCOC(=O)N1CCC(NC(=O)COc2ccccc2Cl)CC1. The van der Waals surface area contributed by atoms with Gasteiger partial charge in [-0.3, -0.25) is 4.79 Å². The fourth-order valence-electron chi connectivity index (χ4n) is 2.40. The largest absolute Gasteiger partial charge is 0.482 e. The van der Waals surface area contributed by atoms with Crippen molar-refractivity contribution in [3.63, 3.8) is 0 Å². The summed E-state index contributed by atoms with van der Waals surface area (Å²) in [5, 5.41) is 3.39. The molecule has 2 rings (SSSR count). The van der Waals surface area contributed by atoms with Crippen molar-refractivity contribution in [1.82, 2.24) is 10.2 Å². The van der Waals surface area contributed by atoms with Gasteiger partial charge in [-0.1, -0.05) is 23.7 Å². The van der Waals surface area contributed by atoms with Crippen LogP contribution in [0.3, 0.4) is 0 Å². The molecule has 23 heavy (non-hydrogen) atoms. The number of nitrogens with zero attached hydrogens (tertiary/aromatic N) is 1. The van der Waals surface area contributed by atoms with E-state index in [1.807, 2.05) is 0 Å². The molecule has 0 unspecified atom stereocenters. The molecule has 0 radical (unpaired) electrons. The number of rotatable bonds is 5. The van der Waals surface area contributed by atoms with E-state index >= 15 is 0 Å². The van der Waals surface area contributed by atoms with Gasteiger partial charge in [0.1, 0.15) is 5.75 Å². The Morgan fingerprint density at radius 1 is 1.30 bits per heavy atom. The first-order valence-electron chi connectivity index (χ1n) is 7.68. The van der Waals surface area contributed by atoms with E-state index in [0.29, 0.717) is 43.3 Å². The first-order chi connectivity index (χ1) is 11.1. The molecular formula is C16H21ClN2O4. The molecule has 1 aromatic carbocycles. The van der Waals surface area contributed by atoms with E-state index < -0.39 is 0 Å². The Morgan fingerprint density at radius 3 is 2.65 bits per heavy atom. The molecule has 126 valence electrons. The van der Waals surface area contributed by atoms with Gasteiger partial charge in [-0.05, 0) is 31.9 Å². The molecule has 6 nitrogen and oxygen atoms in total. The summed E-state index contributed by atoms with van der Waals surface area (Å²) >= 11 is 5.96. The van der Waals surface area contributed by atoms with Crippen LogP contribution in [0.5, 0.6) is 5.75 Å². The molecule has 0 bridgehead atoms. The highest BCUT2D eigenvalue weighted by atomic mass is 35.5. The summed E-state index contributed by atoms with van der Waals surface area (Å²) in [7, 11) is 0. The number of carbonyl (C=O) groups excluding carboxylic acids is 2. The van der Waals surface area contributed by atoms with Gasteiger partial charge < -0.3 is 19.7 Å². The van der Waals surface area contributed by atoms with Gasteiger partial charge in [0.25, 0.3) is 5.91 Å². The Bertz CT molecular complexity index is 545. The van der Waals surface area contributed by atoms with Crippen LogP contribution in [0.25, 0.3) is 0 Å². The number of hydrogen-bond acceptors (Lipinski definition) is 4. The molecule has 1 saturated heterocycles. The lowest BCUT2D eigenvalue weighted by Gasteiger charge is -2.31. The summed E-state index contributed by atoms with van der Waals surface area (Å²) < 4.78 is 10.4. The van der Waals surface area contributed by atoms with E-state index in [0.717, 1.165) is 0 Å². The highest BCUT2D eigenvalue weighted by Crippen LogP contribution is 2.22. The second-order valence-corrected chi connectivity index (χ2v) is 5.65. The maximum atomic E-state index is 11.9. The van der Waals surface area contributed by atoms with Gasteiger partial charge in [0.15, 0.2) is 6.61 Å². The number of likely N-dealkylation sites (tertiary alicyclic amines) is 1. The third kappa shape index (κ3) is 5.32. The van der Waals surface area contributed by atoms with E-state index in [-0.39, 0.29) is 24.6 Å². The third-order valence-corrected chi connectivity index (χ3v) is 3.89. The van der Waals surface area contributed by atoms with Gasteiger partial charge in [0.2, 0.25) is 0 Å². The van der Waals surface area contributed by atoms with Crippen LogP contribution >= 0.6 is 11.6 Å². The molecule has 1 fully saturated rings. The normalized spacial score (nSPS) is 15.1. The predicted molar refractivity (Wildman–Crippen MR) is 86.7 cm³/mol. The number of amides is 2. The van der Waals surface area contributed by atoms with Crippen LogP contribution in [0.1, 0.15) is 19.8 Å². The molecule has 0 spiro atoms. The summed E-state index contributed by atoms with van der Waals surface area (Å²) in [6.45, 7) is 3.23. The van der Waals surface area contributed by atoms with Crippen LogP contribution in [0.2, 0.25) is 5.02 Å². The lowest BCUT2D eigenvalue weighted by atomic mass is 10.1. The van der Waals surface area contributed by atoms with Crippen molar-refractivity contribution in [2.45, 2.75) is 25.8 Å². The lowest BCUT2D eigenvalue weighted by Crippen LogP contribution is -2.47. The Labute approximate surface area is 140 Å². The second-order valence-electron chi connectivity index (χ2n) is 5.25. The maximum absolute atomic E-state index is 11.9. The molecule has 0 saturated carbocycles. The smallest absolute Gasteiger partial charge is 0.409 e. The van der Waals surface area contributed by atoms with Gasteiger partial charge in [-0.25, -0.2) is 4.79 Å². The van der Waals surface area contributed by atoms with Gasteiger partial charge in [-0.2, -0.15) is 0 Å². The van der Waals surface area contributed by atoms with Crippen LogP contribution in [-0.4, -0.2) is 49.2 Å². The van der Waals surface area contributed by atoms with Crippen molar-refractivity contribution >= 4 is 23.6 Å². The zero-order valence-electron chi connectivity index (χ0n) is 13.1. The lowest BCUT2D eigenvalue weighted by molar-refractivity contribution is -0.124. The van der Waals surface area contributed by atoms with Gasteiger partial charge in [-0.15, -0.1) is 0 Å². The summed E-state index contributed by atoms with van der Waals surface area (Å²) in [5.41, 5.74) is 0. The molecule has 1 aliphatic rings. The molecule has 2 amide bonds. The number of para-hydroxylation sites is 1. The van der Waals surface area contributed by atoms with E-state index in [9.17, 15) is 9.59 Å². The molecule has 7 heteroatoms. The Balaban J connectivity index is 1.71. The third-order valence-electron chi connectivity index (χ3n) is 3.58. The van der Waals surface area contributed by atoms with Crippen molar-refractivity contribution < 1.29 is 19.1 Å². The van der Waals surface area contributed by atoms with E-state index in [1.165, 1.54) is 0 Å². The van der Waals surface area contributed by atoms with Gasteiger partial charge in [0.05, 0.1) is 11.6 Å². The summed E-state index contributed by atoms with van der Waals surface area (Å²) in [6.07, 6.45) is 1.12. The average Bonchev–Trinajstić information content (AvgIpc) is 2.55. The Hall–Kier alpha value is -1.95. The standard InChI is InChI=1S/C16H21ClN2O4/c1-2-22-16(21)19-9-7-12(8-10-19)18-15(20)11-23-14-6-4-3-5-13(14)17/h3-6,12H,2,7-11H2,1H3,(H,18,20). The fourth-order valence-corrected chi connectivity index (χ4v) is 2.59. The first kappa shape index (κ1) is 17.4. The highest BCUT2D eigenvalue weighted by molar-refractivity contribution is 6.32. The minimum atomic E-state index is -0.292. The van der Waals surface area contributed by atoms with Crippen LogP contribution < -0.4 is 10.1 Å². The zero-order chi connectivity index (χ0) is 16.7. The van der Waals surface area contributed by atoms with E-state index in [4.69, 9.17) is 21.1 Å². The molecular weight excluding hydrogens is 320 g/mol. The number of piperidine rings is 1. The van der Waals surface area contributed by atoms with Crippen LogP contribution in [0, 0.1) is 0 Å². The minimum Gasteiger partial charge on any atom is -0.482 e. The van der Waals surface area contributed by atoms with E-state index in [1.54, 1.807) is 36.1 Å². The van der Waals surface area contributed by atoms with Crippen LogP contribution in [0.15, 0.2) is 24.3 Å². The van der Waals surface area contributed by atoms with Crippen LogP contribution in [0.4, 0.5) is 4.79 Å². The summed E-state index contributed by atoms with van der Waals surface area (Å²) in [4.78, 5) is 25.2. The number of benzene rings is 1. The van der Waals surface area contributed by atoms with Gasteiger partial charge >= 0.3 is 6.09 Å². The second kappa shape index (κ2) is 8.62. The Morgan fingerprint density at radius 2 is 2.00 bits per heavy atom.